The molecule has 66 valence electrons. The van der Waals surface area contributed by atoms with Gasteiger partial charge in [-0.05, 0) is 6.92 Å². The third-order valence-corrected chi connectivity index (χ3v) is 1.53. The lowest BCUT2D eigenvalue weighted by Crippen LogP contribution is -2.23. The number of carbonyl (C=O) groups is 1. The van der Waals surface area contributed by atoms with Crippen molar-refractivity contribution in [3.63, 3.8) is 0 Å². The molecule has 2 N–H and O–H groups in total. The topological polar surface area (TPSA) is 69.0 Å². The maximum Gasteiger partial charge on any atom is 0.323 e. The van der Waals surface area contributed by atoms with Gasteiger partial charge in [0.1, 0.15) is 5.69 Å². The Morgan fingerprint density at radius 3 is 2.25 bits per heavy atom. The van der Waals surface area contributed by atoms with E-state index in [4.69, 9.17) is 0 Å². The minimum absolute atomic E-state index is 0.203. The number of nitrogens with zero attached hydrogens (tertiary/aromatic N) is 1. The average molecular weight is 169 g/mol. The molecule has 1 rings (SSSR count). The fourth-order valence-corrected chi connectivity index (χ4v) is 0.909. The van der Waals surface area contributed by atoms with Crippen LogP contribution in [0.1, 0.15) is 16.2 Å². The Labute approximate surface area is 69.4 Å². The highest BCUT2D eigenvalue weighted by Gasteiger charge is 2.13. The Morgan fingerprint density at radius 1 is 1.33 bits per heavy atom. The highest BCUT2D eigenvalue weighted by molar-refractivity contribution is 5.92. The number of carbonyl (C=O) groups excluding carboxylic acids is 1. The van der Waals surface area contributed by atoms with E-state index in [0.717, 1.165) is 0 Å². The second-order valence-corrected chi connectivity index (χ2v) is 2.78. The van der Waals surface area contributed by atoms with E-state index in [0.29, 0.717) is 11.4 Å². The van der Waals surface area contributed by atoms with Crippen molar-refractivity contribution in [2.45, 2.75) is 6.92 Å². The van der Waals surface area contributed by atoms with E-state index in [-0.39, 0.29) is 11.6 Å². The maximum atomic E-state index is 11.3. The number of aryl methyl sites for hydroxylation is 1. The molecule has 0 radical (unpaired) electrons. The van der Waals surface area contributed by atoms with E-state index in [1.54, 1.807) is 21.0 Å². The SMILES string of the molecule is Cc1[nH]c(=O)[nH]c1C(=O)N(C)C. The highest BCUT2D eigenvalue weighted by atomic mass is 16.2. The van der Waals surface area contributed by atoms with Crippen LogP contribution >= 0.6 is 0 Å². The van der Waals surface area contributed by atoms with E-state index in [9.17, 15) is 9.59 Å². The van der Waals surface area contributed by atoms with Gasteiger partial charge in [-0.1, -0.05) is 0 Å². The minimum atomic E-state index is -0.349. The number of hydrogen-bond donors (Lipinski definition) is 2. The predicted octanol–water partition coefficient (Wildman–Crippen LogP) is -0.287. The summed E-state index contributed by atoms with van der Waals surface area (Å²) in [7, 11) is 3.26. The Morgan fingerprint density at radius 2 is 1.92 bits per heavy atom. The number of amides is 1. The van der Waals surface area contributed by atoms with Crippen molar-refractivity contribution in [2.24, 2.45) is 0 Å². The second kappa shape index (κ2) is 2.84. The molecule has 0 bridgehead atoms. The van der Waals surface area contributed by atoms with Crippen molar-refractivity contribution in [1.29, 1.82) is 0 Å². The maximum absolute atomic E-state index is 11.3. The summed E-state index contributed by atoms with van der Waals surface area (Å²) in [4.78, 5) is 28.4. The molecule has 0 saturated carbocycles. The van der Waals surface area contributed by atoms with Gasteiger partial charge >= 0.3 is 5.69 Å². The number of hydrogen-bond acceptors (Lipinski definition) is 2. The Hall–Kier alpha value is -1.52. The predicted molar refractivity (Wildman–Crippen MR) is 44.2 cm³/mol. The molecular weight excluding hydrogens is 158 g/mol. The molecule has 0 aliphatic heterocycles. The number of rotatable bonds is 1. The van der Waals surface area contributed by atoms with Gasteiger partial charge in [0.2, 0.25) is 0 Å². The van der Waals surface area contributed by atoms with Gasteiger partial charge in [-0.3, -0.25) is 4.79 Å². The second-order valence-electron chi connectivity index (χ2n) is 2.78. The number of nitrogens with one attached hydrogen (secondary N) is 2. The van der Waals surface area contributed by atoms with Gasteiger partial charge in [-0.2, -0.15) is 0 Å². The van der Waals surface area contributed by atoms with Crippen LogP contribution in [0.15, 0.2) is 4.79 Å². The summed E-state index contributed by atoms with van der Waals surface area (Å²) < 4.78 is 0. The Balaban J connectivity index is 3.11. The zero-order valence-electron chi connectivity index (χ0n) is 7.26. The number of H-pyrrole nitrogens is 2. The van der Waals surface area contributed by atoms with Crippen LogP contribution < -0.4 is 5.69 Å². The molecule has 5 nitrogen and oxygen atoms in total. The largest absolute Gasteiger partial charge is 0.343 e. The number of aromatic nitrogens is 2. The van der Waals surface area contributed by atoms with Crippen LogP contribution in [0, 0.1) is 6.92 Å². The smallest absolute Gasteiger partial charge is 0.323 e. The molecule has 1 heterocycles. The van der Waals surface area contributed by atoms with E-state index in [2.05, 4.69) is 9.97 Å². The fourth-order valence-electron chi connectivity index (χ4n) is 0.909. The molecule has 0 aliphatic rings. The lowest BCUT2D eigenvalue weighted by Gasteiger charge is -2.08. The summed E-state index contributed by atoms with van der Waals surface area (Å²) in [6, 6.07) is 0. The highest BCUT2D eigenvalue weighted by Crippen LogP contribution is 1.99. The van der Waals surface area contributed by atoms with Crippen molar-refractivity contribution in [3.8, 4) is 0 Å². The van der Waals surface area contributed by atoms with Crippen LogP contribution in [-0.4, -0.2) is 34.9 Å². The molecule has 0 fully saturated rings. The van der Waals surface area contributed by atoms with Gasteiger partial charge in [0.25, 0.3) is 5.91 Å². The third-order valence-electron chi connectivity index (χ3n) is 1.53. The number of imidazole rings is 1. The summed E-state index contributed by atoms with van der Waals surface area (Å²) in [5.41, 5.74) is 0.543. The van der Waals surface area contributed by atoms with Crippen LogP contribution in [0.5, 0.6) is 0 Å². The van der Waals surface area contributed by atoms with Crippen molar-refractivity contribution in [1.82, 2.24) is 14.9 Å². The first-order valence-corrected chi connectivity index (χ1v) is 3.53. The van der Waals surface area contributed by atoms with Gasteiger partial charge in [0, 0.05) is 19.8 Å². The zero-order valence-corrected chi connectivity index (χ0v) is 7.26. The third kappa shape index (κ3) is 1.39. The van der Waals surface area contributed by atoms with Gasteiger partial charge < -0.3 is 14.9 Å². The first-order chi connectivity index (χ1) is 5.52. The summed E-state index contributed by atoms with van der Waals surface area (Å²) in [5.74, 6) is -0.203. The van der Waals surface area contributed by atoms with E-state index in [1.165, 1.54) is 4.90 Å². The molecule has 1 aromatic heterocycles. The van der Waals surface area contributed by atoms with Gasteiger partial charge in [-0.25, -0.2) is 4.79 Å². The fraction of sp³-hybridized carbons (Fsp3) is 0.429. The summed E-state index contributed by atoms with van der Waals surface area (Å²) in [5, 5.41) is 0. The molecular formula is C7H11N3O2. The molecule has 0 aliphatic carbocycles. The Kier molecular flexibility index (Phi) is 2.03. The standard InChI is InChI=1S/C7H11N3O2/c1-4-5(6(11)10(2)3)9-7(12)8-4/h1-3H3,(H2,8,9,12). The molecule has 5 heteroatoms. The molecule has 0 spiro atoms. The van der Waals surface area contributed by atoms with Crippen LogP contribution in [0.4, 0.5) is 0 Å². The summed E-state index contributed by atoms with van der Waals surface area (Å²) in [6.07, 6.45) is 0. The normalized spacial score (nSPS) is 9.92. The van der Waals surface area contributed by atoms with Crippen molar-refractivity contribution in [2.75, 3.05) is 14.1 Å². The van der Waals surface area contributed by atoms with Crippen LogP contribution in [0.3, 0.4) is 0 Å². The van der Waals surface area contributed by atoms with Gasteiger partial charge in [-0.15, -0.1) is 0 Å². The average Bonchev–Trinajstić information content (AvgIpc) is 2.28. The zero-order chi connectivity index (χ0) is 9.30. The minimum Gasteiger partial charge on any atom is -0.343 e. The lowest BCUT2D eigenvalue weighted by molar-refractivity contribution is 0.0821. The van der Waals surface area contributed by atoms with Crippen molar-refractivity contribution < 1.29 is 4.79 Å². The van der Waals surface area contributed by atoms with E-state index >= 15 is 0 Å². The van der Waals surface area contributed by atoms with Crippen molar-refractivity contribution in [3.05, 3.63) is 21.9 Å². The van der Waals surface area contributed by atoms with E-state index in [1.807, 2.05) is 0 Å². The number of aromatic amines is 2. The van der Waals surface area contributed by atoms with Gasteiger partial charge in [0.05, 0.1) is 0 Å². The van der Waals surface area contributed by atoms with Crippen molar-refractivity contribution >= 4 is 5.91 Å². The summed E-state index contributed by atoms with van der Waals surface area (Å²) >= 11 is 0. The molecule has 0 unspecified atom stereocenters. The Bertz CT molecular complexity index is 348. The molecule has 0 atom stereocenters. The van der Waals surface area contributed by atoms with Crippen LogP contribution in [0.2, 0.25) is 0 Å². The molecule has 0 saturated heterocycles. The summed E-state index contributed by atoms with van der Waals surface area (Å²) in [6.45, 7) is 1.68. The van der Waals surface area contributed by atoms with Crippen LogP contribution in [0.25, 0.3) is 0 Å². The molecule has 0 aromatic carbocycles. The first-order valence-electron chi connectivity index (χ1n) is 3.53. The van der Waals surface area contributed by atoms with Crippen LogP contribution in [-0.2, 0) is 0 Å². The lowest BCUT2D eigenvalue weighted by atomic mass is 10.3. The molecule has 1 aromatic rings. The molecule has 12 heavy (non-hydrogen) atoms. The molecule has 1 amide bonds. The monoisotopic (exact) mass is 169 g/mol. The first kappa shape index (κ1) is 8.58. The van der Waals surface area contributed by atoms with E-state index < -0.39 is 0 Å². The van der Waals surface area contributed by atoms with Gasteiger partial charge in [0.15, 0.2) is 0 Å². The quantitative estimate of drug-likeness (QED) is 0.606.